The first-order chi connectivity index (χ1) is 14.6. The summed E-state index contributed by atoms with van der Waals surface area (Å²) in [6.07, 6.45) is 0.868. The number of benzene rings is 1. The standard InChI is InChI=1S/C22H29ClN6O.ClH/c1-4-27-11-13-28(14-12-27)21-19-22(25-16(2)24-21)29(10-7-15-30-3)20(26-19)17-8-5-6-9-18(17)23;/h5-6,8-9H,4,7,10-15H2,1-3H3;1H. The van der Waals surface area contributed by atoms with E-state index in [1.165, 1.54) is 0 Å². The molecule has 9 heteroatoms. The average Bonchev–Trinajstić information content (AvgIpc) is 3.12. The predicted molar refractivity (Wildman–Crippen MR) is 129 cm³/mol. The second kappa shape index (κ2) is 10.6. The zero-order chi connectivity index (χ0) is 21.1. The maximum Gasteiger partial charge on any atom is 0.166 e. The molecule has 0 saturated carbocycles. The molecule has 3 aromatic rings. The van der Waals surface area contributed by atoms with Gasteiger partial charge < -0.3 is 19.1 Å². The van der Waals surface area contributed by atoms with E-state index in [-0.39, 0.29) is 12.4 Å². The van der Waals surface area contributed by atoms with E-state index in [0.29, 0.717) is 11.6 Å². The number of hydrogen-bond donors (Lipinski definition) is 0. The maximum atomic E-state index is 6.54. The molecule has 1 aliphatic heterocycles. The van der Waals surface area contributed by atoms with Gasteiger partial charge in [-0.1, -0.05) is 30.7 Å². The van der Waals surface area contributed by atoms with E-state index in [9.17, 15) is 0 Å². The van der Waals surface area contributed by atoms with Gasteiger partial charge in [-0.05, 0) is 32.0 Å². The molecular weight excluding hydrogens is 435 g/mol. The first-order valence-corrected chi connectivity index (χ1v) is 11.0. The first kappa shape index (κ1) is 23.7. The third-order valence-corrected chi connectivity index (χ3v) is 5.98. The van der Waals surface area contributed by atoms with Gasteiger partial charge in [-0.3, -0.25) is 0 Å². The van der Waals surface area contributed by atoms with Crippen molar-refractivity contribution in [3.8, 4) is 11.4 Å². The van der Waals surface area contributed by atoms with Gasteiger partial charge in [0.2, 0.25) is 0 Å². The molecule has 0 unspecified atom stereocenters. The van der Waals surface area contributed by atoms with Crippen LogP contribution in [0.2, 0.25) is 5.02 Å². The van der Waals surface area contributed by atoms with Gasteiger partial charge in [0.05, 0.1) is 5.02 Å². The van der Waals surface area contributed by atoms with Gasteiger partial charge in [0.25, 0.3) is 0 Å². The Morgan fingerprint density at radius 2 is 1.81 bits per heavy atom. The number of nitrogens with zero attached hydrogens (tertiary/aromatic N) is 6. The Balaban J connectivity index is 0.00000272. The van der Waals surface area contributed by atoms with Crippen molar-refractivity contribution in [3.05, 3.63) is 35.1 Å². The zero-order valence-corrected chi connectivity index (χ0v) is 19.9. The number of likely N-dealkylation sites (N-methyl/N-ethyl adjacent to an activating group) is 1. The molecule has 0 aliphatic carbocycles. The van der Waals surface area contributed by atoms with Crippen molar-refractivity contribution in [2.24, 2.45) is 0 Å². The van der Waals surface area contributed by atoms with Gasteiger partial charge in [-0.15, -0.1) is 12.4 Å². The fraction of sp³-hybridized carbons (Fsp3) is 0.500. The molecule has 1 saturated heterocycles. The lowest BCUT2D eigenvalue weighted by Crippen LogP contribution is -2.46. The highest BCUT2D eigenvalue weighted by Crippen LogP contribution is 2.33. The Hall–Kier alpha value is -1.93. The van der Waals surface area contributed by atoms with Gasteiger partial charge in [-0.2, -0.15) is 0 Å². The van der Waals surface area contributed by atoms with E-state index in [4.69, 9.17) is 31.3 Å². The molecule has 2 aromatic heterocycles. The van der Waals surface area contributed by atoms with Crippen LogP contribution in [0.1, 0.15) is 19.2 Å². The Kier molecular flexibility index (Phi) is 8.11. The fourth-order valence-corrected chi connectivity index (χ4v) is 4.24. The smallest absolute Gasteiger partial charge is 0.166 e. The van der Waals surface area contributed by atoms with E-state index in [2.05, 4.69) is 21.3 Å². The van der Waals surface area contributed by atoms with Crippen LogP contribution in [0.25, 0.3) is 22.6 Å². The number of halogens is 2. The Labute approximate surface area is 194 Å². The third kappa shape index (κ3) is 4.95. The highest BCUT2D eigenvalue weighted by molar-refractivity contribution is 6.33. The third-order valence-electron chi connectivity index (χ3n) is 5.65. The van der Waals surface area contributed by atoms with E-state index in [0.717, 1.165) is 79.9 Å². The topological polar surface area (TPSA) is 59.3 Å². The van der Waals surface area contributed by atoms with E-state index < -0.39 is 0 Å². The largest absolute Gasteiger partial charge is 0.385 e. The Morgan fingerprint density at radius 1 is 1.06 bits per heavy atom. The summed E-state index contributed by atoms with van der Waals surface area (Å²) in [5.41, 5.74) is 2.62. The molecule has 0 atom stereocenters. The monoisotopic (exact) mass is 464 g/mol. The van der Waals surface area contributed by atoms with Crippen molar-refractivity contribution in [1.82, 2.24) is 24.4 Å². The van der Waals surface area contributed by atoms with Crippen LogP contribution in [0.5, 0.6) is 0 Å². The number of aromatic nitrogens is 4. The van der Waals surface area contributed by atoms with Crippen LogP contribution in [-0.2, 0) is 11.3 Å². The number of aryl methyl sites for hydroxylation is 2. The lowest BCUT2D eigenvalue weighted by atomic mass is 10.2. The lowest BCUT2D eigenvalue weighted by molar-refractivity contribution is 0.191. The second-order valence-electron chi connectivity index (χ2n) is 7.60. The number of rotatable bonds is 7. The second-order valence-corrected chi connectivity index (χ2v) is 8.01. The molecule has 1 aromatic carbocycles. The van der Waals surface area contributed by atoms with Crippen molar-refractivity contribution in [2.75, 3.05) is 51.3 Å². The first-order valence-electron chi connectivity index (χ1n) is 10.6. The number of imidazole rings is 1. The van der Waals surface area contributed by atoms with E-state index in [1.807, 2.05) is 31.2 Å². The molecule has 1 aliphatic rings. The van der Waals surface area contributed by atoms with Crippen molar-refractivity contribution in [3.63, 3.8) is 0 Å². The number of piperazine rings is 1. The molecule has 0 radical (unpaired) electrons. The maximum absolute atomic E-state index is 6.54. The summed E-state index contributed by atoms with van der Waals surface area (Å²) in [6.45, 7) is 10.6. The van der Waals surface area contributed by atoms with Gasteiger partial charge in [0, 0.05) is 52.0 Å². The normalized spacial score (nSPS) is 14.8. The van der Waals surface area contributed by atoms with Gasteiger partial charge in [0.1, 0.15) is 11.6 Å². The zero-order valence-electron chi connectivity index (χ0n) is 18.3. The van der Waals surface area contributed by atoms with Crippen LogP contribution in [-0.4, -0.2) is 70.9 Å². The van der Waals surface area contributed by atoms with Crippen molar-refractivity contribution < 1.29 is 4.74 Å². The van der Waals surface area contributed by atoms with Crippen LogP contribution in [0, 0.1) is 6.92 Å². The summed E-state index contributed by atoms with van der Waals surface area (Å²) in [5, 5.41) is 0.684. The molecule has 3 heterocycles. The van der Waals surface area contributed by atoms with E-state index >= 15 is 0 Å². The molecule has 0 amide bonds. The van der Waals surface area contributed by atoms with Gasteiger partial charge in [0.15, 0.2) is 17.0 Å². The summed E-state index contributed by atoms with van der Waals surface area (Å²) in [4.78, 5) is 19.4. The summed E-state index contributed by atoms with van der Waals surface area (Å²) in [7, 11) is 1.72. The predicted octanol–water partition coefficient (Wildman–Crippen LogP) is 4.06. The molecule has 0 spiro atoms. The molecule has 0 bridgehead atoms. The van der Waals surface area contributed by atoms with Crippen molar-refractivity contribution in [1.29, 1.82) is 0 Å². The van der Waals surface area contributed by atoms with Crippen LogP contribution in [0.15, 0.2) is 24.3 Å². The molecule has 4 rings (SSSR count). The summed E-state index contributed by atoms with van der Waals surface area (Å²) < 4.78 is 7.44. The molecule has 1 fully saturated rings. The minimum absolute atomic E-state index is 0. The highest BCUT2D eigenvalue weighted by atomic mass is 35.5. The highest BCUT2D eigenvalue weighted by Gasteiger charge is 2.24. The number of hydrogen-bond acceptors (Lipinski definition) is 6. The SMILES string of the molecule is CCN1CCN(c2nc(C)nc3c2nc(-c2ccccc2Cl)n3CCCOC)CC1.Cl. The van der Waals surface area contributed by atoms with Crippen LogP contribution >= 0.6 is 24.0 Å². The summed E-state index contributed by atoms with van der Waals surface area (Å²) in [6, 6.07) is 7.84. The summed E-state index contributed by atoms with van der Waals surface area (Å²) in [5.74, 6) is 2.51. The average molecular weight is 465 g/mol. The molecule has 168 valence electrons. The quantitative estimate of drug-likeness (QED) is 0.491. The van der Waals surface area contributed by atoms with Crippen LogP contribution < -0.4 is 4.90 Å². The lowest BCUT2D eigenvalue weighted by Gasteiger charge is -2.34. The number of fused-ring (bicyclic) bond motifs is 1. The molecule has 7 nitrogen and oxygen atoms in total. The minimum Gasteiger partial charge on any atom is -0.385 e. The molecule has 0 N–H and O–H groups in total. The van der Waals surface area contributed by atoms with Gasteiger partial charge >= 0.3 is 0 Å². The van der Waals surface area contributed by atoms with Crippen LogP contribution in [0.4, 0.5) is 5.82 Å². The van der Waals surface area contributed by atoms with Crippen molar-refractivity contribution in [2.45, 2.75) is 26.8 Å². The van der Waals surface area contributed by atoms with Crippen molar-refractivity contribution >= 4 is 41.0 Å². The van der Waals surface area contributed by atoms with E-state index in [1.54, 1.807) is 7.11 Å². The number of methoxy groups -OCH3 is 1. The van der Waals surface area contributed by atoms with Crippen LogP contribution in [0.3, 0.4) is 0 Å². The molecular formula is C22H30Cl2N6O. The molecule has 31 heavy (non-hydrogen) atoms. The Morgan fingerprint density at radius 3 is 2.48 bits per heavy atom. The Bertz CT molecular complexity index is 1020. The number of ether oxygens (including phenoxy) is 1. The van der Waals surface area contributed by atoms with Gasteiger partial charge in [-0.25, -0.2) is 15.0 Å². The fourth-order valence-electron chi connectivity index (χ4n) is 4.02. The summed E-state index contributed by atoms with van der Waals surface area (Å²) >= 11 is 6.54. The minimum atomic E-state index is 0. The number of anilines is 1.